The molecule has 116 valence electrons. The number of carbonyl (C=O) groups is 2. The highest BCUT2D eigenvalue weighted by Crippen LogP contribution is 2.21. The number of benzene rings is 1. The number of carboxylic acids is 1. The number of urea groups is 1. The third-order valence-electron chi connectivity index (χ3n) is 2.74. The molecule has 0 aliphatic heterocycles. The average Bonchev–Trinajstić information content (AvgIpc) is 2.43. The van der Waals surface area contributed by atoms with Gasteiger partial charge in [0.1, 0.15) is 17.5 Å². The van der Waals surface area contributed by atoms with E-state index in [9.17, 15) is 18.4 Å². The van der Waals surface area contributed by atoms with Crippen molar-refractivity contribution in [1.82, 2.24) is 5.32 Å². The van der Waals surface area contributed by atoms with Crippen LogP contribution in [0.4, 0.5) is 19.3 Å². The molecule has 0 aliphatic carbocycles. The summed E-state index contributed by atoms with van der Waals surface area (Å²) in [6, 6.07) is 0.184. The van der Waals surface area contributed by atoms with E-state index in [1.54, 1.807) is 6.26 Å². The third kappa shape index (κ3) is 4.89. The third-order valence-corrected chi connectivity index (χ3v) is 3.38. The molecule has 0 aliphatic rings. The molecular formula is C13H16F2N2O3S. The molecule has 0 saturated carbocycles. The molecule has 0 aromatic heterocycles. The zero-order valence-corrected chi connectivity index (χ0v) is 12.4. The van der Waals surface area contributed by atoms with Gasteiger partial charge in [0.2, 0.25) is 0 Å². The number of nitrogens with one attached hydrogen (secondary N) is 2. The highest BCUT2D eigenvalue weighted by atomic mass is 32.2. The Bertz CT molecular complexity index is 540. The lowest BCUT2D eigenvalue weighted by Gasteiger charge is -2.15. The SMILES string of the molecule is CSCC[C@@H](NC(=O)Nc1c(F)ccc(C)c1F)C(=O)O. The van der Waals surface area contributed by atoms with Crippen LogP contribution in [0.3, 0.4) is 0 Å². The summed E-state index contributed by atoms with van der Waals surface area (Å²) >= 11 is 1.43. The molecule has 1 aromatic carbocycles. The fraction of sp³-hybridized carbons (Fsp3) is 0.385. The normalized spacial score (nSPS) is 11.8. The molecule has 1 aromatic rings. The van der Waals surface area contributed by atoms with Crippen LogP contribution in [0.5, 0.6) is 0 Å². The number of aryl methyl sites for hydroxylation is 1. The van der Waals surface area contributed by atoms with E-state index in [2.05, 4.69) is 5.32 Å². The average molecular weight is 318 g/mol. The van der Waals surface area contributed by atoms with E-state index in [1.165, 1.54) is 24.8 Å². The summed E-state index contributed by atoms with van der Waals surface area (Å²) in [6.45, 7) is 1.43. The molecule has 8 heteroatoms. The summed E-state index contributed by atoms with van der Waals surface area (Å²) in [5, 5.41) is 13.2. The Morgan fingerprint density at radius 2 is 2.05 bits per heavy atom. The molecule has 3 N–H and O–H groups in total. The summed E-state index contributed by atoms with van der Waals surface area (Å²) < 4.78 is 27.2. The monoisotopic (exact) mass is 318 g/mol. The van der Waals surface area contributed by atoms with E-state index in [1.807, 2.05) is 5.32 Å². The first-order chi connectivity index (χ1) is 9.86. The first-order valence-electron chi connectivity index (χ1n) is 6.10. The van der Waals surface area contributed by atoms with Gasteiger partial charge in [-0.05, 0) is 37.0 Å². The van der Waals surface area contributed by atoms with Gasteiger partial charge in [0, 0.05) is 0 Å². The molecular weight excluding hydrogens is 302 g/mol. The van der Waals surface area contributed by atoms with Crippen LogP contribution in [0.15, 0.2) is 12.1 Å². The van der Waals surface area contributed by atoms with Crippen molar-refractivity contribution >= 4 is 29.4 Å². The lowest BCUT2D eigenvalue weighted by atomic mass is 10.2. The first-order valence-corrected chi connectivity index (χ1v) is 7.50. The summed E-state index contributed by atoms with van der Waals surface area (Å²) in [5.74, 6) is -2.49. The predicted molar refractivity (Wildman–Crippen MR) is 77.7 cm³/mol. The molecule has 0 fully saturated rings. The number of carboxylic acid groups (broad SMARTS) is 1. The molecule has 0 unspecified atom stereocenters. The minimum Gasteiger partial charge on any atom is -0.480 e. The van der Waals surface area contributed by atoms with Crippen molar-refractivity contribution in [1.29, 1.82) is 0 Å². The second-order valence-corrected chi connectivity index (χ2v) is 5.31. The topological polar surface area (TPSA) is 78.4 Å². The van der Waals surface area contributed by atoms with Gasteiger partial charge in [-0.2, -0.15) is 11.8 Å². The number of carbonyl (C=O) groups excluding carboxylic acids is 1. The predicted octanol–water partition coefficient (Wildman–Crippen LogP) is 2.60. The fourth-order valence-electron chi connectivity index (χ4n) is 1.57. The van der Waals surface area contributed by atoms with Gasteiger partial charge in [-0.1, -0.05) is 6.07 Å². The lowest BCUT2D eigenvalue weighted by molar-refractivity contribution is -0.139. The van der Waals surface area contributed by atoms with Crippen LogP contribution in [0.1, 0.15) is 12.0 Å². The molecule has 1 atom stereocenters. The van der Waals surface area contributed by atoms with Crippen molar-refractivity contribution in [2.45, 2.75) is 19.4 Å². The van der Waals surface area contributed by atoms with Crippen molar-refractivity contribution in [3.8, 4) is 0 Å². The summed E-state index contributed by atoms with van der Waals surface area (Å²) in [5.41, 5.74) is -0.426. The van der Waals surface area contributed by atoms with Gasteiger partial charge in [-0.25, -0.2) is 18.4 Å². The maximum atomic E-state index is 13.7. The van der Waals surface area contributed by atoms with Gasteiger partial charge in [0.15, 0.2) is 5.82 Å². The zero-order chi connectivity index (χ0) is 16.0. The Labute approximate surface area is 125 Å². The molecule has 0 bridgehead atoms. The van der Waals surface area contributed by atoms with Crippen LogP contribution in [-0.4, -0.2) is 35.2 Å². The van der Waals surface area contributed by atoms with Crippen molar-refractivity contribution < 1.29 is 23.5 Å². The number of aliphatic carboxylic acids is 1. The molecule has 0 heterocycles. The molecule has 0 radical (unpaired) electrons. The van der Waals surface area contributed by atoms with Gasteiger partial charge in [-0.3, -0.25) is 0 Å². The maximum absolute atomic E-state index is 13.7. The van der Waals surface area contributed by atoms with Crippen molar-refractivity contribution in [2.75, 3.05) is 17.3 Å². The van der Waals surface area contributed by atoms with Gasteiger partial charge in [0.25, 0.3) is 0 Å². The van der Waals surface area contributed by atoms with Crippen LogP contribution in [0.25, 0.3) is 0 Å². The number of hydrogen-bond donors (Lipinski definition) is 3. The maximum Gasteiger partial charge on any atom is 0.326 e. The van der Waals surface area contributed by atoms with Crippen LogP contribution in [0.2, 0.25) is 0 Å². The lowest BCUT2D eigenvalue weighted by Crippen LogP contribution is -2.43. The second kappa shape index (κ2) is 7.82. The smallest absolute Gasteiger partial charge is 0.326 e. The number of hydrogen-bond acceptors (Lipinski definition) is 3. The van der Waals surface area contributed by atoms with E-state index in [4.69, 9.17) is 5.11 Å². The number of halogens is 2. The van der Waals surface area contributed by atoms with Gasteiger partial charge < -0.3 is 15.7 Å². The number of anilines is 1. The first kappa shape index (κ1) is 17.2. The Kier molecular flexibility index (Phi) is 6.41. The molecule has 2 amide bonds. The van der Waals surface area contributed by atoms with E-state index in [-0.39, 0.29) is 12.0 Å². The highest BCUT2D eigenvalue weighted by Gasteiger charge is 2.21. The van der Waals surface area contributed by atoms with Crippen molar-refractivity contribution in [3.63, 3.8) is 0 Å². The largest absolute Gasteiger partial charge is 0.480 e. The molecule has 21 heavy (non-hydrogen) atoms. The molecule has 0 saturated heterocycles. The summed E-state index contributed by atoms with van der Waals surface area (Å²) in [7, 11) is 0. The summed E-state index contributed by atoms with van der Waals surface area (Å²) in [4.78, 5) is 22.7. The Balaban J connectivity index is 2.77. The van der Waals surface area contributed by atoms with E-state index >= 15 is 0 Å². The van der Waals surface area contributed by atoms with Crippen LogP contribution in [0, 0.1) is 18.6 Å². The molecule has 0 spiro atoms. The zero-order valence-electron chi connectivity index (χ0n) is 11.6. The number of thioether (sulfide) groups is 1. The van der Waals surface area contributed by atoms with Crippen molar-refractivity contribution in [3.05, 3.63) is 29.3 Å². The van der Waals surface area contributed by atoms with Crippen LogP contribution < -0.4 is 10.6 Å². The summed E-state index contributed by atoms with van der Waals surface area (Å²) in [6.07, 6.45) is 2.01. The van der Waals surface area contributed by atoms with Gasteiger partial charge >= 0.3 is 12.0 Å². The quantitative estimate of drug-likeness (QED) is 0.753. The minimum atomic E-state index is -1.20. The number of amides is 2. The molecule has 1 rings (SSSR count). The second-order valence-electron chi connectivity index (χ2n) is 4.32. The van der Waals surface area contributed by atoms with Crippen LogP contribution in [-0.2, 0) is 4.79 Å². The van der Waals surface area contributed by atoms with Gasteiger partial charge in [0.05, 0.1) is 0 Å². The van der Waals surface area contributed by atoms with E-state index < -0.39 is 35.4 Å². The minimum absolute atomic E-state index is 0.170. The van der Waals surface area contributed by atoms with E-state index in [0.717, 1.165) is 6.07 Å². The standard InChI is InChI=1S/C13H16F2N2O3S/c1-7-3-4-8(14)11(10(7)15)17-13(20)16-9(12(18)19)5-6-21-2/h3-4,9H,5-6H2,1-2H3,(H,18,19)(H2,16,17,20)/t9-/m1/s1. The Hall–Kier alpha value is -1.83. The highest BCUT2D eigenvalue weighted by molar-refractivity contribution is 7.98. The Morgan fingerprint density at radius 3 is 2.62 bits per heavy atom. The fourth-order valence-corrected chi connectivity index (χ4v) is 2.04. The Morgan fingerprint density at radius 1 is 1.38 bits per heavy atom. The van der Waals surface area contributed by atoms with Crippen LogP contribution >= 0.6 is 11.8 Å². The van der Waals surface area contributed by atoms with Gasteiger partial charge in [-0.15, -0.1) is 0 Å². The van der Waals surface area contributed by atoms with Crippen molar-refractivity contribution in [2.24, 2.45) is 0 Å². The van der Waals surface area contributed by atoms with E-state index in [0.29, 0.717) is 5.75 Å². The number of rotatable bonds is 6. The molecule has 5 nitrogen and oxygen atoms in total.